The highest BCUT2D eigenvalue weighted by Crippen LogP contribution is 2.12. The molecule has 2 N–H and O–H groups in total. The van der Waals surface area contributed by atoms with Crippen molar-refractivity contribution in [2.45, 2.75) is 13.3 Å². The maximum Gasteiger partial charge on any atom is 0.225 e. The molecule has 0 aliphatic heterocycles. The molecule has 0 fully saturated rings. The molecule has 15 heavy (non-hydrogen) atoms. The fourth-order valence-electron chi connectivity index (χ4n) is 0.911. The summed E-state index contributed by atoms with van der Waals surface area (Å²) in [5.74, 6) is -0.110. The molecular formula is C10H11ClN2OS. The van der Waals surface area contributed by atoms with E-state index in [2.05, 4.69) is 10.6 Å². The number of halogens is 1. The smallest absolute Gasteiger partial charge is 0.225 e. The molecule has 0 saturated carbocycles. The first-order valence-electron chi connectivity index (χ1n) is 4.48. The van der Waals surface area contributed by atoms with Crippen LogP contribution in [-0.4, -0.2) is 11.0 Å². The Labute approximate surface area is 98.8 Å². The van der Waals surface area contributed by atoms with Gasteiger partial charge in [-0.25, -0.2) is 0 Å². The summed E-state index contributed by atoms with van der Waals surface area (Å²) < 4.78 is 0. The summed E-state index contributed by atoms with van der Waals surface area (Å²) >= 11 is 10.7. The molecule has 0 atom stereocenters. The van der Waals surface area contributed by atoms with E-state index in [-0.39, 0.29) is 5.91 Å². The van der Waals surface area contributed by atoms with Crippen LogP contribution in [0, 0.1) is 0 Å². The molecule has 0 radical (unpaired) electrons. The summed E-state index contributed by atoms with van der Waals surface area (Å²) in [5.41, 5.74) is 0.792. The minimum atomic E-state index is -0.110. The van der Waals surface area contributed by atoms with Crippen LogP contribution in [0.25, 0.3) is 0 Å². The van der Waals surface area contributed by atoms with Gasteiger partial charge in [-0.2, -0.15) is 0 Å². The monoisotopic (exact) mass is 242 g/mol. The third-order valence-electron chi connectivity index (χ3n) is 1.68. The van der Waals surface area contributed by atoms with E-state index in [1.54, 1.807) is 31.2 Å². The zero-order valence-corrected chi connectivity index (χ0v) is 9.78. The van der Waals surface area contributed by atoms with Gasteiger partial charge in [-0.3, -0.25) is 4.79 Å². The van der Waals surface area contributed by atoms with Crippen LogP contribution in [0.3, 0.4) is 0 Å². The number of rotatable bonds is 2. The first-order valence-corrected chi connectivity index (χ1v) is 5.27. The van der Waals surface area contributed by atoms with Gasteiger partial charge in [0.2, 0.25) is 5.91 Å². The van der Waals surface area contributed by atoms with Crippen molar-refractivity contribution in [3.8, 4) is 0 Å². The van der Waals surface area contributed by atoms with Crippen LogP contribution in [-0.2, 0) is 4.79 Å². The second-order valence-electron chi connectivity index (χ2n) is 2.86. The number of hydrogen-bond acceptors (Lipinski definition) is 2. The lowest BCUT2D eigenvalue weighted by atomic mass is 10.3. The Bertz CT molecular complexity index is 364. The lowest BCUT2D eigenvalue weighted by Gasteiger charge is -2.08. The number of thiocarbonyl (C=S) groups is 1. The number of carbonyl (C=O) groups excluding carboxylic acids is 1. The van der Waals surface area contributed by atoms with Crippen LogP contribution < -0.4 is 10.6 Å². The fraction of sp³-hybridized carbons (Fsp3) is 0.200. The van der Waals surface area contributed by atoms with Gasteiger partial charge < -0.3 is 10.6 Å². The molecule has 0 aliphatic rings. The number of nitrogens with one attached hydrogen (secondary N) is 2. The van der Waals surface area contributed by atoms with Crippen LogP contribution in [0.1, 0.15) is 13.3 Å². The Morgan fingerprint density at radius 1 is 1.40 bits per heavy atom. The second-order valence-corrected chi connectivity index (χ2v) is 3.71. The minimum Gasteiger partial charge on any atom is -0.332 e. The van der Waals surface area contributed by atoms with Crippen molar-refractivity contribution in [3.63, 3.8) is 0 Å². The molecule has 0 spiro atoms. The van der Waals surface area contributed by atoms with E-state index >= 15 is 0 Å². The normalized spacial score (nSPS) is 9.47. The highest BCUT2D eigenvalue weighted by Gasteiger charge is 2.01. The van der Waals surface area contributed by atoms with Crippen LogP contribution in [0.4, 0.5) is 5.69 Å². The van der Waals surface area contributed by atoms with Crippen LogP contribution >= 0.6 is 23.8 Å². The quantitative estimate of drug-likeness (QED) is 0.784. The molecule has 0 bridgehead atoms. The van der Waals surface area contributed by atoms with Crippen LogP contribution in [0.2, 0.25) is 5.02 Å². The maximum atomic E-state index is 11.0. The first kappa shape index (κ1) is 11.9. The summed E-state index contributed by atoms with van der Waals surface area (Å²) in [6.45, 7) is 1.76. The number of amides is 1. The predicted octanol–water partition coefficient (Wildman–Crippen LogP) is 2.56. The van der Waals surface area contributed by atoms with E-state index in [9.17, 15) is 4.79 Å². The number of carbonyl (C=O) groups is 1. The largest absolute Gasteiger partial charge is 0.332 e. The van der Waals surface area contributed by atoms with E-state index in [0.29, 0.717) is 16.6 Å². The number of hydrogen-bond donors (Lipinski definition) is 2. The third-order valence-corrected chi connectivity index (χ3v) is 2.13. The summed E-state index contributed by atoms with van der Waals surface area (Å²) in [6.07, 6.45) is 0.405. The molecule has 0 heterocycles. The summed E-state index contributed by atoms with van der Waals surface area (Å²) in [5, 5.41) is 6.37. The van der Waals surface area contributed by atoms with Crippen molar-refractivity contribution in [2.75, 3.05) is 5.32 Å². The predicted molar refractivity (Wildman–Crippen MR) is 66.1 cm³/mol. The highest BCUT2D eigenvalue weighted by atomic mass is 35.5. The summed E-state index contributed by atoms with van der Waals surface area (Å²) in [7, 11) is 0. The first-order chi connectivity index (χ1) is 7.11. The minimum absolute atomic E-state index is 0.110. The van der Waals surface area contributed by atoms with Crippen LogP contribution in [0.5, 0.6) is 0 Å². The van der Waals surface area contributed by atoms with Gasteiger partial charge in [-0.1, -0.05) is 18.5 Å². The van der Waals surface area contributed by atoms with Gasteiger partial charge in [0.25, 0.3) is 0 Å². The van der Waals surface area contributed by atoms with E-state index in [1.807, 2.05) is 0 Å². The number of benzene rings is 1. The van der Waals surface area contributed by atoms with Crippen molar-refractivity contribution >= 4 is 40.5 Å². The van der Waals surface area contributed by atoms with Crippen molar-refractivity contribution < 1.29 is 4.79 Å². The average Bonchev–Trinajstić information content (AvgIpc) is 2.21. The topological polar surface area (TPSA) is 41.1 Å². The lowest BCUT2D eigenvalue weighted by molar-refractivity contribution is -0.119. The zero-order chi connectivity index (χ0) is 11.3. The van der Waals surface area contributed by atoms with E-state index in [1.165, 1.54) is 0 Å². The Morgan fingerprint density at radius 2 is 2.00 bits per heavy atom. The molecule has 3 nitrogen and oxygen atoms in total. The van der Waals surface area contributed by atoms with Gasteiger partial charge in [0.05, 0.1) is 0 Å². The van der Waals surface area contributed by atoms with Crippen molar-refractivity contribution in [3.05, 3.63) is 29.3 Å². The van der Waals surface area contributed by atoms with Crippen molar-refractivity contribution in [1.82, 2.24) is 5.32 Å². The molecular weight excluding hydrogens is 232 g/mol. The van der Waals surface area contributed by atoms with Gasteiger partial charge in [0.1, 0.15) is 0 Å². The lowest BCUT2D eigenvalue weighted by Crippen LogP contribution is -2.33. The van der Waals surface area contributed by atoms with Crippen LogP contribution in [0.15, 0.2) is 24.3 Å². The SMILES string of the molecule is CCC(=O)NC(=S)Nc1ccc(Cl)cc1. The fourth-order valence-corrected chi connectivity index (χ4v) is 1.27. The molecule has 1 aromatic rings. The molecule has 0 unspecified atom stereocenters. The van der Waals surface area contributed by atoms with Gasteiger partial charge in [0, 0.05) is 17.1 Å². The molecule has 1 aromatic carbocycles. The summed E-state index contributed by atoms with van der Waals surface area (Å²) in [4.78, 5) is 11.0. The Balaban J connectivity index is 2.51. The molecule has 1 rings (SSSR count). The average molecular weight is 243 g/mol. The molecule has 5 heteroatoms. The van der Waals surface area contributed by atoms with Crippen molar-refractivity contribution in [2.24, 2.45) is 0 Å². The van der Waals surface area contributed by atoms with E-state index in [0.717, 1.165) is 5.69 Å². The van der Waals surface area contributed by atoms with Crippen molar-refractivity contribution in [1.29, 1.82) is 0 Å². The Morgan fingerprint density at radius 3 is 2.53 bits per heavy atom. The molecule has 0 aliphatic carbocycles. The van der Waals surface area contributed by atoms with E-state index < -0.39 is 0 Å². The maximum absolute atomic E-state index is 11.0. The zero-order valence-electron chi connectivity index (χ0n) is 8.21. The highest BCUT2D eigenvalue weighted by molar-refractivity contribution is 7.80. The molecule has 0 aromatic heterocycles. The molecule has 80 valence electrons. The number of anilines is 1. The second kappa shape index (κ2) is 5.68. The van der Waals surface area contributed by atoms with Gasteiger partial charge in [-0.05, 0) is 36.5 Å². The standard InChI is InChI=1S/C10H11ClN2OS/c1-2-9(14)13-10(15)12-8-5-3-7(11)4-6-8/h3-6H,2H2,1H3,(H2,12,13,14,15). The van der Waals surface area contributed by atoms with Gasteiger partial charge in [-0.15, -0.1) is 0 Å². The Kier molecular flexibility index (Phi) is 4.52. The van der Waals surface area contributed by atoms with Gasteiger partial charge >= 0.3 is 0 Å². The molecule has 1 amide bonds. The van der Waals surface area contributed by atoms with E-state index in [4.69, 9.17) is 23.8 Å². The summed E-state index contributed by atoms with van der Waals surface area (Å²) in [6, 6.07) is 7.06. The van der Waals surface area contributed by atoms with Gasteiger partial charge in [0.15, 0.2) is 5.11 Å². The molecule has 0 saturated heterocycles. The third kappa shape index (κ3) is 4.27. The Hall–Kier alpha value is -1.13.